The van der Waals surface area contributed by atoms with Gasteiger partial charge in [-0.3, -0.25) is 0 Å². The molecule has 3 aromatic carbocycles. The first-order valence-corrected chi connectivity index (χ1v) is 51.7. The Morgan fingerprint density at radius 1 is 0.544 bits per heavy atom. The quantitative estimate of drug-likeness (QED) is 0.0157. The van der Waals surface area contributed by atoms with Gasteiger partial charge in [-0.2, -0.15) is 12.6 Å². The van der Waals surface area contributed by atoms with Crippen LogP contribution in [0.15, 0.2) is 98.1 Å². The van der Waals surface area contributed by atoms with Gasteiger partial charge in [-0.05, 0) is 210 Å². The van der Waals surface area contributed by atoms with E-state index >= 15 is 0 Å². The maximum absolute atomic E-state index is 10.6. The van der Waals surface area contributed by atoms with E-state index in [4.69, 9.17) is 44.9 Å². The predicted octanol–water partition coefficient (Wildman–Crippen LogP) is 15.2. The van der Waals surface area contributed by atoms with Crippen molar-refractivity contribution < 1.29 is 55.1 Å². The second-order valence-electron chi connectivity index (χ2n) is 28.9. The Hall–Kier alpha value is -2.03. The molecule has 0 aliphatic carbocycles. The third-order valence-corrected chi connectivity index (χ3v) is 38.5. The molecular formula is C69H124N2O12SSi6. The molecule has 4 unspecified atom stereocenters. The normalized spacial score (nSPS) is 16.5. The molecule has 2 fully saturated rings. The van der Waals surface area contributed by atoms with E-state index in [0.717, 1.165) is 129 Å². The number of allylic oxidation sites excluding steroid dienone is 2. The van der Waals surface area contributed by atoms with Gasteiger partial charge in [-0.15, -0.1) is 0 Å². The smallest absolute Gasteiger partial charge is 0.311 e. The van der Waals surface area contributed by atoms with Gasteiger partial charge in [0.15, 0.2) is 33.3 Å². The summed E-state index contributed by atoms with van der Waals surface area (Å²) in [6.45, 7) is 55.1. The Balaban J connectivity index is 0.000000467. The molecule has 0 spiro atoms. The number of hydrogen-bond donors (Lipinski definition) is 5. The molecule has 512 valence electrons. The molecule has 2 aliphatic heterocycles. The molecule has 0 bridgehead atoms. The highest BCUT2D eigenvalue weighted by Crippen LogP contribution is 2.30. The van der Waals surface area contributed by atoms with E-state index in [1.165, 1.54) is 5.56 Å². The van der Waals surface area contributed by atoms with Crippen molar-refractivity contribution in [3.8, 4) is 0 Å². The predicted molar refractivity (Wildman–Crippen MR) is 395 cm³/mol. The first-order chi connectivity index (χ1) is 41.9. The van der Waals surface area contributed by atoms with Crippen LogP contribution in [0, 0.1) is 0 Å². The number of aliphatic hydroxyl groups is 2. The highest BCUT2D eigenvalue weighted by atomic mass is 32.1. The van der Waals surface area contributed by atoms with Crippen LogP contribution in [0.3, 0.4) is 0 Å². The van der Waals surface area contributed by atoms with Gasteiger partial charge in [0.1, 0.15) is 12.2 Å². The fourth-order valence-electron chi connectivity index (χ4n) is 10.7. The maximum Gasteiger partial charge on any atom is 0.311 e. The number of nitrogens with one attached hydrogen (secondary N) is 2. The number of aliphatic hydroxyl groups excluding tert-OH is 2. The van der Waals surface area contributed by atoms with Gasteiger partial charge in [0.05, 0.1) is 51.8 Å². The minimum Gasteiger partial charge on any atom is -0.437 e. The van der Waals surface area contributed by atoms with Crippen LogP contribution in [0.2, 0.25) is 103 Å². The third-order valence-electron chi connectivity index (χ3n) is 15.3. The highest BCUT2D eigenvalue weighted by Gasteiger charge is 2.41. The van der Waals surface area contributed by atoms with Crippen molar-refractivity contribution in [2.75, 3.05) is 84.9 Å². The van der Waals surface area contributed by atoms with Gasteiger partial charge in [0, 0.05) is 56.3 Å². The lowest BCUT2D eigenvalue weighted by Crippen LogP contribution is -2.52. The van der Waals surface area contributed by atoms with E-state index in [1.807, 2.05) is 38.1 Å². The van der Waals surface area contributed by atoms with E-state index in [2.05, 4.69) is 209 Å². The molecule has 0 amide bonds. The fraction of sp³-hybridized carbons (Fsp3) is 0.652. The molecule has 14 nitrogen and oxygen atoms in total. The topological polar surface area (TPSA) is 163 Å². The average molecular weight is 1370 g/mol. The second kappa shape index (κ2) is 39.9. The summed E-state index contributed by atoms with van der Waals surface area (Å²) in [7, 11) is -11.9. The Bertz CT molecular complexity index is 2400. The lowest BCUT2D eigenvalue weighted by Gasteiger charge is -2.39. The zero-order valence-corrected chi connectivity index (χ0v) is 66.1. The summed E-state index contributed by atoms with van der Waals surface area (Å²) in [5.41, 5.74) is 7.30. The van der Waals surface area contributed by atoms with Crippen LogP contribution in [0.25, 0.3) is 17.2 Å². The molecule has 21 heteroatoms. The molecule has 0 saturated carbocycles. The molecule has 0 aromatic heterocycles. The summed E-state index contributed by atoms with van der Waals surface area (Å²) >= 11 is 4.06. The second-order valence-corrected chi connectivity index (χ2v) is 54.2. The van der Waals surface area contributed by atoms with E-state index < -0.39 is 62.6 Å². The van der Waals surface area contributed by atoms with E-state index in [9.17, 15) is 10.2 Å². The van der Waals surface area contributed by atoms with Crippen molar-refractivity contribution in [3.63, 3.8) is 0 Å². The third kappa shape index (κ3) is 37.9. The van der Waals surface area contributed by atoms with Gasteiger partial charge in [-0.1, -0.05) is 103 Å². The van der Waals surface area contributed by atoms with Crippen LogP contribution in [-0.2, 0) is 56.0 Å². The van der Waals surface area contributed by atoms with Gasteiger partial charge in [-0.25, -0.2) is 0 Å². The Morgan fingerprint density at radius 3 is 1.19 bits per heavy atom. The molecule has 2 saturated heterocycles. The van der Waals surface area contributed by atoms with Gasteiger partial charge in [0.2, 0.25) is 0 Å². The Morgan fingerprint density at radius 2 is 0.878 bits per heavy atom. The fourth-order valence-corrected chi connectivity index (χ4v) is 38.8. The van der Waals surface area contributed by atoms with E-state index in [-0.39, 0.29) is 11.1 Å². The number of hydrogen-bond acceptors (Lipinski definition) is 15. The van der Waals surface area contributed by atoms with Crippen molar-refractivity contribution in [1.29, 1.82) is 0 Å². The SMILES string of the molecule is C=C(C)c1cccc(C(C)(C)NCC(O)COCCC[Si](C)(C)O[Si](C)(C)O[Si](C)(C)CCCOCC(O)CNC(C)(C)c2cccc(C(=C)C)c2)c1.C[Si](C)(CCCOCC1CO1)O[Si](C)(C)O[Si](C)(C)CCCOCC1CO1.SC/C=C/c1ccccc1. The Labute approximate surface area is 558 Å². The van der Waals surface area contributed by atoms with Crippen molar-refractivity contribution >= 4 is 80.2 Å². The summed E-state index contributed by atoms with van der Waals surface area (Å²) in [6, 6.07) is 31.1. The summed E-state index contributed by atoms with van der Waals surface area (Å²) < 4.78 is 60.2. The number of rotatable bonds is 44. The van der Waals surface area contributed by atoms with Gasteiger partial charge in [0.25, 0.3) is 0 Å². The highest BCUT2D eigenvalue weighted by molar-refractivity contribution is 7.80. The lowest BCUT2D eigenvalue weighted by atomic mass is 9.91. The van der Waals surface area contributed by atoms with Crippen LogP contribution < -0.4 is 10.6 Å². The van der Waals surface area contributed by atoms with Crippen LogP contribution in [-0.4, -0.2) is 170 Å². The molecule has 90 heavy (non-hydrogen) atoms. The largest absolute Gasteiger partial charge is 0.437 e. The Kier molecular flexibility index (Phi) is 36.4. The van der Waals surface area contributed by atoms with Gasteiger partial charge < -0.3 is 65.7 Å². The van der Waals surface area contributed by atoms with Crippen LogP contribution in [0.5, 0.6) is 0 Å². The summed E-state index contributed by atoms with van der Waals surface area (Å²) in [5, 5.41) is 28.2. The average Bonchev–Trinajstić information content (AvgIpc) is 1.33. The van der Waals surface area contributed by atoms with Crippen molar-refractivity contribution in [2.24, 2.45) is 0 Å². The molecule has 2 heterocycles. The first-order valence-electron chi connectivity index (χ1n) is 33.0. The molecule has 3 aromatic rings. The molecule has 5 rings (SSSR count). The minimum atomic E-state index is -2.34. The molecule has 2 aliphatic rings. The first kappa shape index (κ1) is 82.2. The molecule has 4 N–H and O–H groups in total. The zero-order valence-electron chi connectivity index (χ0n) is 59.2. The van der Waals surface area contributed by atoms with E-state index in [1.54, 1.807) is 0 Å². The number of epoxide rings is 2. The lowest BCUT2D eigenvalue weighted by molar-refractivity contribution is 0.0335. The standard InChI is InChI=1S/C42H74N2O6Si3.C18H40O6Si3.C9H10S/c1-33(2)35-19-15-21-37(27-35)41(5,6)43-29-39(45)31-47-23-17-25-51(9,10)49-53(13,14)50-52(11,12)26-18-24-48-32-40(46)30-44-42(7,8)38-22-16-20-36(28-38)34(3)4;1-25(2,11-7-9-19-13-17-15-21-17)23-27(5,6)24-26(3,4)12-8-10-20-14-18-16-22-18;10-8-4-7-9-5-2-1-3-6-9/h15-16,19-22,27-28,39-40,43-46H,1,3,17-18,23-26,29-32H2,2,4-14H3;17-18H,7-16H2,1-6H3;1-7,10H,8H2/b;;7-4+. The van der Waals surface area contributed by atoms with E-state index in [0.29, 0.717) is 51.7 Å². The van der Waals surface area contributed by atoms with Crippen molar-refractivity contribution in [1.82, 2.24) is 10.6 Å². The zero-order chi connectivity index (χ0) is 67.3. The summed E-state index contributed by atoms with van der Waals surface area (Å²) in [5.74, 6) is 0.800. The van der Waals surface area contributed by atoms with Crippen molar-refractivity contribution in [2.45, 2.75) is 205 Å². The van der Waals surface area contributed by atoms with Crippen molar-refractivity contribution in [3.05, 3.63) is 126 Å². The monoisotopic (exact) mass is 1370 g/mol. The van der Waals surface area contributed by atoms with Crippen LogP contribution in [0.1, 0.15) is 95.0 Å². The minimum absolute atomic E-state index is 0.290. The number of benzene rings is 3. The van der Waals surface area contributed by atoms with Crippen LogP contribution >= 0.6 is 12.6 Å². The number of ether oxygens (including phenoxy) is 6. The number of thiol groups is 1. The molecule has 4 atom stereocenters. The molecule has 0 radical (unpaired) electrons. The van der Waals surface area contributed by atoms with Crippen LogP contribution in [0.4, 0.5) is 0 Å². The van der Waals surface area contributed by atoms with Gasteiger partial charge >= 0.3 is 17.1 Å². The maximum atomic E-state index is 10.6. The molecular weight excluding hydrogens is 1250 g/mol. The summed E-state index contributed by atoms with van der Waals surface area (Å²) in [6.07, 6.45) is 7.51. The summed E-state index contributed by atoms with van der Waals surface area (Å²) in [4.78, 5) is 0.